The third-order valence-corrected chi connectivity index (χ3v) is 4.83. The molecular weight excluding hydrogens is 316 g/mol. The Hall–Kier alpha value is -0.590. The number of nitrogens with one attached hydrogen (secondary N) is 1. The summed E-state index contributed by atoms with van der Waals surface area (Å²) < 4.78 is 1.08. The molecule has 2 heterocycles. The van der Waals surface area contributed by atoms with Gasteiger partial charge in [0.1, 0.15) is 0 Å². The van der Waals surface area contributed by atoms with Gasteiger partial charge in [0, 0.05) is 24.6 Å². The van der Waals surface area contributed by atoms with Gasteiger partial charge < -0.3 is 15.3 Å². The third kappa shape index (κ3) is 3.70. The summed E-state index contributed by atoms with van der Waals surface area (Å²) in [7, 11) is 0. The molecule has 0 spiro atoms. The van der Waals surface area contributed by atoms with Gasteiger partial charge in [-0.15, -0.1) is 11.3 Å². The molecule has 0 bridgehead atoms. The van der Waals surface area contributed by atoms with E-state index in [-0.39, 0.29) is 12.6 Å². The van der Waals surface area contributed by atoms with Gasteiger partial charge in [-0.25, -0.2) is 4.79 Å². The molecule has 1 saturated heterocycles. The summed E-state index contributed by atoms with van der Waals surface area (Å²) in [6.07, 6.45) is 1.79. The molecule has 2 amide bonds. The number of piperidine rings is 1. The lowest BCUT2D eigenvalue weighted by Crippen LogP contribution is -2.44. The van der Waals surface area contributed by atoms with Crippen LogP contribution >= 0.6 is 27.3 Å². The van der Waals surface area contributed by atoms with Crippen LogP contribution in [0.1, 0.15) is 17.7 Å². The van der Waals surface area contributed by atoms with Gasteiger partial charge in [0.15, 0.2) is 0 Å². The first-order valence-electron chi connectivity index (χ1n) is 6.07. The van der Waals surface area contributed by atoms with Crippen LogP contribution in [0.4, 0.5) is 4.79 Å². The highest BCUT2D eigenvalue weighted by molar-refractivity contribution is 9.11. The predicted octanol–water partition coefficient (Wildman–Crippen LogP) is 2.42. The van der Waals surface area contributed by atoms with Crippen molar-refractivity contribution in [3.05, 3.63) is 20.8 Å². The van der Waals surface area contributed by atoms with Crippen LogP contribution in [0.5, 0.6) is 0 Å². The number of aliphatic hydroxyl groups excluding tert-OH is 1. The molecule has 0 aromatic carbocycles. The Kier molecular flexibility index (Phi) is 5.03. The number of thiophene rings is 1. The SMILES string of the molecule is O=C(NCc1ccc(Br)s1)N1CCC(CO)CC1. The number of hydrogen-bond acceptors (Lipinski definition) is 3. The molecule has 0 radical (unpaired) electrons. The normalized spacial score (nSPS) is 16.9. The van der Waals surface area contributed by atoms with E-state index in [0.29, 0.717) is 12.5 Å². The molecule has 4 nitrogen and oxygen atoms in total. The second kappa shape index (κ2) is 6.54. The van der Waals surface area contributed by atoms with Crippen LogP contribution in [-0.4, -0.2) is 35.7 Å². The van der Waals surface area contributed by atoms with E-state index < -0.39 is 0 Å². The van der Waals surface area contributed by atoms with Crippen LogP contribution < -0.4 is 5.32 Å². The van der Waals surface area contributed by atoms with Crippen molar-refractivity contribution in [1.82, 2.24) is 10.2 Å². The first-order chi connectivity index (χ1) is 8.69. The summed E-state index contributed by atoms with van der Waals surface area (Å²) in [5.41, 5.74) is 0. The van der Waals surface area contributed by atoms with Gasteiger partial charge in [0.2, 0.25) is 0 Å². The highest BCUT2D eigenvalue weighted by Gasteiger charge is 2.21. The van der Waals surface area contributed by atoms with Gasteiger partial charge in [0.25, 0.3) is 0 Å². The molecule has 0 atom stereocenters. The monoisotopic (exact) mass is 332 g/mol. The molecule has 2 N–H and O–H groups in total. The second-order valence-electron chi connectivity index (χ2n) is 4.48. The number of nitrogens with zero attached hydrogens (tertiary/aromatic N) is 1. The summed E-state index contributed by atoms with van der Waals surface area (Å²) in [5.74, 6) is 0.363. The summed E-state index contributed by atoms with van der Waals surface area (Å²) in [4.78, 5) is 14.9. The zero-order valence-corrected chi connectivity index (χ0v) is 12.5. The number of aliphatic hydroxyl groups is 1. The van der Waals surface area contributed by atoms with Crippen LogP contribution in [-0.2, 0) is 6.54 Å². The number of halogens is 1. The quantitative estimate of drug-likeness (QED) is 0.893. The first-order valence-corrected chi connectivity index (χ1v) is 7.68. The van der Waals surface area contributed by atoms with E-state index in [2.05, 4.69) is 21.2 Å². The molecule has 6 heteroatoms. The minimum atomic E-state index is -0.00378. The highest BCUT2D eigenvalue weighted by Crippen LogP contribution is 2.22. The number of rotatable bonds is 3. The van der Waals surface area contributed by atoms with E-state index >= 15 is 0 Å². The standard InChI is InChI=1S/C12H17BrN2O2S/c13-11-2-1-10(18-11)7-14-12(17)15-5-3-9(8-16)4-6-15/h1-2,9,16H,3-8H2,(H,14,17). The lowest BCUT2D eigenvalue weighted by molar-refractivity contribution is 0.137. The van der Waals surface area contributed by atoms with Crippen molar-refractivity contribution in [2.24, 2.45) is 5.92 Å². The van der Waals surface area contributed by atoms with E-state index in [1.165, 1.54) is 0 Å². The number of likely N-dealkylation sites (tertiary alicyclic amines) is 1. The molecule has 2 rings (SSSR count). The van der Waals surface area contributed by atoms with Crippen LogP contribution in [0, 0.1) is 5.92 Å². The largest absolute Gasteiger partial charge is 0.396 e. The number of carbonyl (C=O) groups is 1. The van der Waals surface area contributed by atoms with Crippen LogP contribution in [0.2, 0.25) is 0 Å². The van der Waals surface area contributed by atoms with Gasteiger partial charge in [-0.1, -0.05) is 0 Å². The molecule has 1 aromatic rings. The minimum Gasteiger partial charge on any atom is -0.396 e. The number of urea groups is 1. The molecule has 0 saturated carbocycles. The summed E-state index contributed by atoms with van der Waals surface area (Å²) in [5, 5.41) is 12.0. The van der Waals surface area contributed by atoms with E-state index in [1.807, 2.05) is 17.0 Å². The Balaban J connectivity index is 1.75. The second-order valence-corrected chi connectivity index (χ2v) is 7.03. The molecule has 0 unspecified atom stereocenters. The van der Waals surface area contributed by atoms with E-state index in [1.54, 1.807) is 11.3 Å². The van der Waals surface area contributed by atoms with Crippen LogP contribution in [0.3, 0.4) is 0 Å². The Morgan fingerprint density at radius 1 is 1.50 bits per heavy atom. The molecule has 0 aliphatic carbocycles. The number of carbonyl (C=O) groups excluding carboxylic acids is 1. The van der Waals surface area contributed by atoms with Crippen molar-refractivity contribution in [1.29, 1.82) is 0 Å². The summed E-state index contributed by atoms with van der Waals surface area (Å²) in [6, 6.07) is 3.99. The molecule has 1 fully saturated rings. The fraction of sp³-hybridized carbons (Fsp3) is 0.583. The average molecular weight is 333 g/mol. The summed E-state index contributed by atoms with van der Waals surface area (Å²) in [6.45, 7) is 2.30. The molecule has 1 aromatic heterocycles. The highest BCUT2D eigenvalue weighted by atomic mass is 79.9. The van der Waals surface area contributed by atoms with Crippen LogP contribution in [0.15, 0.2) is 15.9 Å². The van der Waals surface area contributed by atoms with Crippen molar-refractivity contribution in [2.45, 2.75) is 19.4 Å². The van der Waals surface area contributed by atoms with Gasteiger partial charge in [-0.2, -0.15) is 0 Å². The van der Waals surface area contributed by atoms with Crippen LogP contribution in [0.25, 0.3) is 0 Å². The maximum absolute atomic E-state index is 11.9. The third-order valence-electron chi connectivity index (χ3n) is 3.20. The first kappa shape index (κ1) is 13.8. The van der Waals surface area contributed by atoms with Crippen molar-refractivity contribution in [2.75, 3.05) is 19.7 Å². The molecule has 18 heavy (non-hydrogen) atoms. The fourth-order valence-corrected chi connectivity index (χ4v) is 3.46. The average Bonchev–Trinajstić information content (AvgIpc) is 2.82. The zero-order valence-electron chi connectivity index (χ0n) is 10.1. The Bertz CT molecular complexity index is 403. The lowest BCUT2D eigenvalue weighted by Gasteiger charge is -2.31. The molecule has 1 aliphatic rings. The Morgan fingerprint density at radius 3 is 2.78 bits per heavy atom. The lowest BCUT2D eigenvalue weighted by atomic mass is 9.98. The van der Waals surface area contributed by atoms with E-state index in [9.17, 15) is 4.79 Å². The minimum absolute atomic E-state index is 0.00378. The Morgan fingerprint density at radius 2 is 2.22 bits per heavy atom. The molecule has 1 aliphatic heterocycles. The Labute approximate surface area is 119 Å². The topological polar surface area (TPSA) is 52.6 Å². The van der Waals surface area contributed by atoms with Crippen molar-refractivity contribution >= 4 is 33.3 Å². The maximum atomic E-state index is 11.9. The van der Waals surface area contributed by atoms with Gasteiger partial charge in [-0.3, -0.25) is 0 Å². The molecule has 100 valence electrons. The van der Waals surface area contributed by atoms with Crippen molar-refractivity contribution in [3.8, 4) is 0 Å². The van der Waals surface area contributed by atoms with E-state index in [0.717, 1.165) is 34.6 Å². The molecular formula is C12H17BrN2O2S. The van der Waals surface area contributed by atoms with Gasteiger partial charge in [0.05, 0.1) is 10.3 Å². The van der Waals surface area contributed by atoms with Crippen molar-refractivity contribution in [3.63, 3.8) is 0 Å². The number of hydrogen-bond donors (Lipinski definition) is 2. The summed E-state index contributed by atoms with van der Waals surface area (Å²) >= 11 is 5.03. The van der Waals surface area contributed by atoms with E-state index in [4.69, 9.17) is 5.11 Å². The smallest absolute Gasteiger partial charge is 0.317 e. The van der Waals surface area contributed by atoms with Gasteiger partial charge >= 0.3 is 6.03 Å². The van der Waals surface area contributed by atoms with Gasteiger partial charge in [-0.05, 0) is 46.8 Å². The maximum Gasteiger partial charge on any atom is 0.317 e. The van der Waals surface area contributed by atoms with Crippen molar-refractivity contribution < 1.29 is 9.90 Å². The zero-order chi connectivity index (χ0) is 13.0. The number of amides is 2. The predicted molar refractivity (Wildman–Crippen MR) is 75.6 cm³/mol. The fourth-order valence-electron chi connectivity index (χ4n) is 2.04.